The first kappa shape index (κ1) is 14.5. The summed E-state index contributed by atoms with van der Waals surface area (Å²) in [4.78, 5) is 14.9. The van der Waals surface area contributed by atoms with Crippen LogP contribution in [0.4, 0.5) is 5.69 Å². The topological polar surface area (TPSA) is 96.4 Å². The summed E-state index contributed by atoms with van der Waals surface area (Å²) in [5.74, 6) is -1.15. The molecule has 0 bridgehead atoms. The number of aryl methyl sites for hydroxylation is 2. The van der Waals surface area contributed by atoms with E-state index in [0.29, 0.717) is 22.7 Å². The van der Waals surface area contributed by atoms with Crippen LogP contribution in [0.5, 0.6) is 0 Å². The van der Waals surface area contributed by atoms with E-state index in [1.54, 1.807) is 19.1 Å². The average molecular weight is 312 g/mol. The largest absolute Gasteiger partial charge is 0.477 e. The van der Waals surface area contributed by atoms with Gasteiger partial charge in [-0.25, -0.2) is 13.2 Å². The number of sulfonamides is 1. The highest BCUT2D eigenvalue weighted by atomic mass is 32.2. The number of hydrogen-bond acceptors (Lipinski definition) is 5. The van der Waals surface area contributed by atoms with Gasteiger partial charge in [-0.1, -0.05) is 0 Å². The third kappa shape index (κ3) is 2.97. The van der Waals surface area contributed by atoms with Crippen molar-refractivity contribution >= 4 is 33.0 Å². The Balaban J connectivity index is 2.33. The molecule has 2 rings (SSSR count). The predicted octanol–water partition coefficient (Wildman–Crippen LogP) is 2.26. The van der Waals surface area contributed by atoms with E-state index in [0.717, 1.165) is 5.69 Å². The van der Waals surface area contributed by atoms with Crippen LogP contribution in [-0.2, 0) is 10.0 Å². The minimum atomic E-state index is -3.80. The molecule has 8 heteroatoms. The minimum absolute atomic E-state index is 0.0240. The molecule has 0 aliphatic heterocycles. The Morgan fingerprint density at radius 3 is 2.50 bits per heavy atom. The number of aromatic nitrogens is 1. The number of thiophene rings is 1. The third-order valence-electron chi connectivity index (χ3n) is 2.53. The van der Waals surface area contributed by atoms with Gasteiger partial charge in [0.2, 0.25) is 0 Å². The Kier molecular flexibility index (Phi) is 3.78. The number of hydrogen-bond donors (Lipinski definition) is 2. The molecule has 0 saturated carbocycles. The molecule has 20 heavy (non-hydrogen) atoms. The molecule has 0 unspecified atom stereocenters. The minimum Gasteiger partial charge on any atom is -0.477 e. The highest BCUT2D eigenvalue weighted by Gasteiger charge is 2.20. The molecule has 0 radical (unpaired) electrons. The average Bonchev–Trinajstić information content (AvgIpc) is 2.83. The maximum absolute atomic E-state index is 12.2. The summed E-state index contributed by atoms with van der Waals surface area (Å²) in [6.45, 7) is 3.51. The first-order chi connectivity index (χ1) is 9.29. The van der Waals surface area contributed by atoms with E-state index in [1.807, 2.05) is 6.92 Å². The fourth-order valence-corrected chi connectivity index (χ4v) is 3.83. The zero-order valence-corrected chi connectivity index (χ0v) is 12.4. The van der Waals surface area contributed by atoms with Crippen LogP contribution >= 0.6 is 11.3 Å². The standard InChI is InChI=1S/C12H12N2O4S2/c1-7-3-4-9(8(2)13-7)14-20(17,18)11-6-5-10(19-11)12(15)16/h3-6,14H,1-2H3,(H,15,16). The molecule has 0 amide bonds. The Morgan fingerprint density at radius 1 is 1.25 bits per heavy atom. The van der Waals surface area contributed by atoms with Gasteiger partial charge in [-0.2, -0.15) is 0 Å². The normalized spacial score (nSPS) is 11.3. The lowest BCUT2D eigenvalue weighted by Gasteiger charge is -2.08. The number of carboxylic acid groups (broad SMARTS) is 1. The van der Waals surface area contributed by atoms with E-state index in [2.05, 4.69) is 9.71 Å². The number of nitrogens with one attached hydrogen (secondary N) is 1. The molecule has 2 heterocycles. The molecule has 2 aromatic rings. The Hall–Kier alpha value is -1.93. The second kappa shape index (κ2) is 5.22. The number of carbonyl (C=O) groups is 1. The number of aromatic carboxylic acids is 1. The Morgan fingerprint density at radius 2 is 1.95 bits per heavy atom. The molecule has 0 fully saturated rings. The fraction of sp³-hybridized carbons (Fsp3) is 0.167. The van der Waals surface area contributed by atoms with Crippen LogP contribution in [0, 0.1) is 13.8 Å². The van der Waals surface area contributed by atoms with Gasteiger partial charge in [0.1, 0.15) is 9.09 Å². The molecule has 0 aromatic carbocycles. The van der Waals surface area contributed by atoms with Crippen molar-refractivity contribution in [2.45, 2.75) is 18.1 Å². The van der Waals surface area contributed by atoms with Gasteiger partial charge in [-0.3, -0.25) is 9.71 Å². The monoisotopic (exact) mass is 312 g/mol. The first-order valence-electron chi connectivity index (χ1n) is 5.60. The van der Waals surface area contributed by atoms with Crippen LogP contribution in [-0.4, -0.2) is 24.5 Å². The summed E-state index contributed by atoms with van der Waals surface area (Å²) >= 11 is 0.706. The Bertz CT molecular complexity index is 766. The molecule has 2 N–H and O–H groups in total. The summed E-state index contributed by atoms with van der Waals surface area (Å²) in [7, 11) is -3.80. The number of carboxylic acids is 1. The molecule has 6 nitrogen and oxygen atoms in total. The maximum Gasteiger partial charge on any atom is 0.345 e. The second-order valence-electron chi connectivity index (χ2n) is 4.11. The number of rotatable bonds is 4. The van der Waals surface area contributed by atoms with E-state index in [1.165, 1.54) is 12.1 Å². The lowest BCUT2D eigenvalue weighted by atomic mass is 10.3. The number of nitrogens with zero attached hydrogens (tertiary/aromatic N) is 1. The van der Waals surface area contributed by atoms with Crippen LogP contribution in [0.2, 0.25) is 0 Å². The fourth-order valence-electron chi connectivity index (χ4n) is 1.57. The molecule has 0 aliphatic carbocycles. The zero-order valence-electron chi connectivity index (χ0n) is 10.7. The van der Waals surface area contributed by atoms with E-state index in [9.17, 15) is 13.2 Å². The third-order valence-corrected chi connectivity index (χ3v) is 5.46. The molecule has 2 aromatic heterocycles. The van der Waals surface area contributed by atoms with Crippen LogP contribution in [0.3, 0.4) is 0 Å². The highest BCUT2D eigenvalue weighted by Crippen LogP contribution is 2.25. The van der Waals surface area contributed by atoms with Crippen molar-refractivity contribution in [3.8, 4) is 0 Å². The van der Waals surface area contributed by atoms with E-state index < -0.39 is 16.0 Å². The van der Waals surface area contributed by atoms with Gasteiger partial charge in [0, 0.05) is 5.69 Å². The summed E-state index contributed by atoms with van der Waals surface area (Å²) < 4.78 is 26.7. The number of anilines is 1. The summed E-state index contributed by atoms with van der Waals surface area (Å²) in [6, 6.07) is 5.86. The Labute approximate surface area is 120 Å². The van der Waals surface area contributed by atoms with Crippen molar-refractivity contribution in [1.82, 2.24) is 4.98 Å². The van der Waals surface area contributed by atoms with Gasteiger partial charge in [0.05, 0.1) is 11.4 Å². The summed E-state index contributed by atoms with van der Waals surface area (Å²) in [5.41, 5.74) is 1.72. The summed E-state index contributed by atoms with van der Waals surface area (Å²) in [6.07, 6.45) is 0. The molecular formula is C12H12N2O4S2. The molecular weight excluding hydrogens is 300 g/mol. The van der Waals surface area contributed by atoms with Crippen molar-refractivity contribution in [1.29, 1.82) is 0 Å². The lowest BCUT2D eigenvalue weighted by Crippen LogP contribution is -2.13. The highest BCUT2D eigenvalue weighted by molar-refractivity contribution is 7.94. The van der Waals surface area contributed by atoms with Crippen molar-refractivity contribution < 1.29 is 18.3 Å². The maximum atomic E-state index is 12.2. The van der Waals surface area contributed by atoms with Crippen molar-refractivity contribution in [2.24, 2.45) is 0 Å². The van der Waals surface area contributed by atoms with Crippen LogP contribution in [0.1, 0.15) is 21.1 Å². The SMILES string of the molecule is Cc1ccc(NS(=O)(=O)c2ccc(C(=O)O)s2)c(C)n1. The predicted molar refractivity (Wildman–Crippen MR) is 75.8 cm³/mol. The lowest BCUT2D eigenvalue weighted by molar-refractivity contribution is 0.0702. The quantitative estimate of drug-likeness (QED) is 0.902. The van der Waals surface area contributed by atoms with Gasteiger partial charge < -0.3 is 5.11 Å². The van der Waals surface area contributed by atoms with Crippen LogP contribution in [0.25, 0.3) is 0 Å². The van der Waals surface area contributed by atoms with Crippen LogP contribution < -0.4 is 4.72 Å². The van der Waals surface area contributed by atoms with Gasteiger partial charge in [-0.05, 0) is 38.1 Å². The molecule has 106 valence electrons. The molecule has 0 saturated heterocycles. The van der Waals surface area contributed by atoms with Crippen LogP contribution in [0.15, 0.2) is 28.5 Å². The van der Waals surface area contributed by atoms with Crippen molar-refractivity contribution in [3.05, 3.63) is 40.5 Å². The molecule has 0 aliphatic rings. The second-order valence-corrected chi connectivity index (χ2v) is 7.11. The van der Waals surface area contributed by atoms with Crippen molar-refractivity contribution in [2.75, 3.05) is 4.72 Å². The summed E-state index contributed by atoms with van der Waals surface area (Å²) in [5, 5.41) is 8.81. The van der Waals surface area contributed by atoms with Gasteiger partial charge in [0.15, 0.2) is 0 Å². The van der Waals surface area contributed by atoms with Crippen molar-refractivity contribution in [3.63, 3.8) is 0 Å². The number of pyridine rings is 1. The molecule has 0 spiro atoms. The first-order valence-corrected chi connectivity index (χ1v) is 7.90. The van der Waals surface area contributed by atoms with Gasteiger partial charge in [-0.15, -0.1) is 11.3 Å². The van der Waals surface area contributed by atoms with E-state index in [-0.39, 0.29) is 9.09 Å². The van der Waals surface area contributed by atoms with Gasteiger partial charge >= 0.3 is 5.97 Å². The van der Waals surface area contributed by atoms with Gasteiger partial charge in [0.25, 0.3) is 10.0 Å². The molecule has 0 atom stereocenters. The van der Waals surface area contributed by atoms with E-state index >= 15 is 0 Å². The smallest absolute Gasteiger partial charge is 0.345 e. The van der Waals surface area contributed by atoms with E-state index in [4.69, 9.17) is 5.11 Å². The zero-order chi connectivity index (χ0) is 14.9.